The standard InChI is InChI=1S/C17H26N2O/c1-3-6-15-11-19(13(2)9-18-15)10-14-12-20-17-8-5-4-7-16(14)17/h4-5,7-8,13-15,18H,3,6,9-12H2,1-2H3. The first-order valence-corrected chi connectivity index (χ1v) is 7.97. The number of rotatable bonds is 4. The summed E-state index contributed by atoms with van der Waals surface area (Å²) < 4.78 is 5.82. The Morgan fingerprint density at radius 2 is 2.20 bits per heavy atom. The first kappa shape index (κ1) is 13.9. The molecule has 2 aliphatic heterocycles. The summed E-state index contributed by atoms with van der Waals surface area (Å²) >= 11 is 0. The molecule has 1 N–H and O–H groups in total. The maximum absolute atomic E-state index is 5.82. The van der Waals surface area contributed by atoms with Gasteiger partial charge >= 0.3 is 0 Å². The first-order chi connectivity index (χ1) is 9.78. The van der Waals surface area contributed by atoms with E-state index in [1.807, 2.05) is 0 Å². The predicted molar refractivity (Wildman–Crippen MR) is 82.4 cm³/mol. The molecule has 0 spiro atoms. The molecule has 0 radical (unpaired) electrons. The highest BCUT2D eigenvalue weighted by Gasteiger charge is 2.30. The molecule has 3 nitrogen and oxygen atoms in total. The van der Waals surface area contributed by atoms with Gasteiger partial charge in [0.2, 0.25) is 0 Å². The van der Waals surface area contributed by atoms with Gasteiger partial charge in [-0.1, -0.05) is 31.5 Å². The molecule has 2 heterocycles. The molecule has 0 saturated carbocycles. The Labute approximate surface area is 122 Å². The van der Waals surface area contributed by atoms with Gasteiger partial charge in [-0.25, -0.2) is 0 Å². The lowest BCUT2D eigenvalue weighted by atomic mass is 9.98. The van der Waals surface area contributed by atoms with Crippen LogP contribution in [0.4, 0.5) is 0 Å². The Balaban J connectivity index is 1.65. The average molecular weight is 274 g/mol. The molecule has 3 atom stereocenters. The van der Waals surface area contributed by atoms with Gasteiger partial charge in [0.15, 0.2) is 0 Å². The minimum atomic E-state index is 0.536. The molecule has 1 fully saturated rings. The third kappa shape index (κ3) is 2.84. The molecule has 3 heteroatoms. The third-order valence-corrected chi connectivity index (χ3v) is 4.67. The van der Waals surface area contributed by atoms with E-state index in [9.17, 15) is 0 Å². The van der Waals surface area contributed by atoms with Crippen LogP contribution in [0.5, 0.6) is 5.75 Å². The molecule has 20 heavy (non-hydrogen) atoms. The number of hydrogen-bond acceptors (Lipinski definition) is 3. The van der Waals surface area contributed by atoms with Crippen molar-refractivity contribution in [1.29, 1.82) is 0 Å². The van der Waals surface area contributed by atoms with E-state index >= 15 is 0 Å². The molecule has 2 aliphatic rings. The maximum atomic E-state index is 5.82. The smallest absolute Gasteiger partial charge is 0.122 e. The van der Waals surface area contributed by atoms with E-state index < -0.39 is 0 Å². The molecule has 1 saturated heterocycles. The van der Waals surface area contributed by atoms with Crippen LogP contribution in [0, 0.1) is 0 Å². The first-order valence-electron chi connectivity index (χ1n) is 7.97. The summed E-state index contributed by atoms with van der Waals surface area (Å²) in [6.07, 6.45) is 2.54. The summed E-state index contributed by atoms with van der Waals surface area (Å²) in [5.74, 6) is 1.62. The van der Waals surface area contributed by atoms with Crippen LogP contribution in [-0.4, -0.2) is 43.2 Å². The van der Waals surface area contributed by atoms with E-state index in [0.717, 1.165) is 25.4 Å². The van der Waals surface area contributed by atoms with Crippen LogP contribution in [0.3, 0.4) is 0 Å². The molecular weight excluding hydrogens is 248 g/mol. The number of piperazine rings is 1. The summed E-state index contributed by atoms with van der Waals surface area (Å²) in [5.41, 5.74) is 1.39. The van der Waals surface area contributed by atoms with Crippen LogP contribution in [0.2, 0.25) is 0 Å². The Bertz CT molecular complexity index is 448. The van der Waals surface area contributed by atoms with Gasteiger partial charge in [-0.3, -0.25) is 4.90 Å². The normalized spacial score (nSPS) is 30.0. The summed E-state index contributed by atoms with van der Waals surface area (Å²) in [6.45, 7) is 8.85. The third-order valence-electron chi connectivity index (χ3n) is 4.67. The maximum Gasteiger partial charge on any atom is 0.122 e. The summed E-state index contributed by atoms with van der Waals surface area (Å²) in [5, 5.41) is 3.67. The van der Waals surface area contributed by atoms with Gasteiger partial charge in [0.25, 0.3) is 0 Å². The van der Waals surface area contributed by atoms with Crippen LogP contribution in [0.15, 0.2) is 24.3 Å². The van der Waals surface area contributed by atoms with Crippen molar-refractivity contribution in [3.8, 4) is 5.75 Å². The van der Waals surface area contributed by atoms with E-state index in [2.05, 4.69) is 48.3 Å². The largest absolute Gasteiger partial charge is 0.493 e. The zero-order chi connectivity index (χ0) is 13.9. The lowest BCUT2D eigenvalue weighted by Crippen LogP contribution is -2.56. The van der Waals surface area contributed by atoms with E-state index in [1.165, 1.54) is 24.9 Å². The van der Waals surface area contributed by atoms with Gasteiger partial charge < -0.3 is 10.1 Å². The van der Waals surface area contributed by atoms with Crippen molar-refractivity contribution < 1.29 is 4.74 Å². The zero-order valence-electron chi connectivity index (χ0n) is 12.6. The topological polar surface area (TPSA) is 24.5 Å². The van der Waals surface area contributed by atoms with Crippen molar-refractivity contribution >= 4 is 0 Å². The van der Waals surface area contributed by atoms with Gasteiger partial charge in [0.05, 0.1) is 6.61 Å². The molecule has 0 aliphatic carbocycles. The minimum absolute atomic E-state index is 0.536. The Hall–Kier alpha value is -1.06. The second-order valence-electron chi connectivity index (χ2n) is 6.24. The number of benzene rings is 1. The number of hydrogen-bond donors (Lipinski definition) is 1. The second-order valence-corrected chi connectivity index (χ2v) is 6.24. The highest BCUT2D eigenvalue weighted by Crippen LogP contribution is 2.34. The van der Waals surface area contributed by atoms with Crippen LogP contribution >= 0.6 is 0 Å². The van der Waals surface area contributed by atoms with Crippen LogP contribution in [0.25, 0.3) is 0 Å². The van der Waals surface area contributed by atoms with Crippen molar-refractivity contribution in [1.82, 2.24) is 10.2 Å². The van der Waals surface area contributed by atoms with Crippen LogP contribution < -0.4 is 10.1 Å². The van der Waals surface area contributed by atoms with Gasteiger partial charge in [-0.05, 0) is 19.4 Å². The highest BCUT2D eigenvalue weighted by atomic mass is 16.5. The Kier molecular flexibility index (Phi) is 4.27. The fraction of sp³-hybridized carbons (Fsp3) is 0.647. The molecule has 0 bridgehead atoms. The summed E-state index contributed by atoms with van der Waals surface area (Å²) in [4.78, 5) is 2.65. The van der Waals surface area contributed by atoms with E-state index in [-0.39, 0.29) is 0 Å². The predicted octanol–water partition coefficient (Wildman–Crippen LogP) is 2.63. The van der Waals surface area contributed by atoms with Crippen molar-refractivity contribution in [2.24, 2.45) is 0 Å². The number of nitrogens with one attached hydrogen (secondary N) is 1. The van der Waals surface area contributed by atoms with E-state index in [0.29, 0.717) is 18.0 Å². The number of fused-ring (bicyclic) bond motifs is 1. The second kappa shape index (κ2) is 6.15. The molecule has 1 aromatic carbocycles. The fourth-order valence-electron chi connectivity index (χ4n) is 3.45. The molecule has 110 valence electrons. The van der Waals surface area contributed by atoms with Crippen LogP contribution in [-0.2, 0) is 0 Å². The lowest BCUT2D eigenvalue weighted by molar-refractivity contribution is 0.124. The summed E-state index contributed by atoms with van der Waals surface area (Å²) in [7, 11) is 0. The van der Waals surface area contributed by atoms with Crippen molar-refractivity contribution in [3.63, 3.8) is 0 Å². The average Bonchev–Trinajstić information content (AvgIpc) is 2.86. The van der Waals surface area contributed by atoms with Gasteiger partial charge in [0.1, 0.15) is 5.75 Å². The van der Waals surface area contributed by atoms with Crippen molar-refractivity contribution in [2.45, 2.75) is 44.7 Å². The van der Waals surface area contributed by atoms with Crippen LogP contribution in [0.1, 0.15) is 38.2 Å². The molecule has 3 unspecified atom stereocenters. The minimum Gasteiger partial charge on any atom is -0.493 e. The Morgan fingerprint density at radius 3 is 3.05 bits per heavy atom. The van der Waals surface area contributed by atoms with E-state index in [4.69, 9.17) is 4.74 Å². The molecule has 1 aromatic rings. The number of nitrogens with zero attached hydrogens (tertiary/aromatic N) is 1. The van der Waals surface area contributed by atoms with E-state index in [1.54, 1.807) is 0 Å². The van der Waals surface area contributed by atoms with Gasteiger partial charge in [-0.15, -0.1) is 0 Å². The quantitative estimate of drug-likeness (QED) is 0.913. The molecular formula is C17H26N2O. The molecule has 0 aromatic heterocycles. The lowest BCUT2D eigenvalue weighted by Gasteiger charge is -2.40. The molecule has 3 rings (SSSR count). The number of ether oxygens (including phenoxy) is 1. The van der Waals surface area contributed by atoms with Crippen molar-refractivity contribution in [3.05, 3.63) is 29.8 Å². The highest BCUT2D eigenvalue weighted by molar-refractivity contribution is 5.39. The van der Waals surface area contributed by atoms with Gasteiger partial charge in [0, 0.05) is 43.2 Å². The molecule has 0 amide bonds. The van der Waals surface area contributed by atoms with Crippen molar-refractivity contribution in [2.75, 3.05) is 26.2 Å². The Morgan fingerprint density at radius 1 is 1.35 bits per heavy atom. The number of para-hydroxylation sites is 1. The monoisotopic (exact) mass is 274 g/mol. The van der Waals surface area contributed by atoms with Gasteiger partial charge in [-0.2, -0.15) is 0 Å². The summed E-state index contributed by atoms with van der Waals surface area (Å²) in [6, 6.07) is 9.79. The zero-order valence-corrected chi connectivity index (χ0v) is 12.6. The fourth-order valence-corrected chi connectivity index (χ4v) is 3.45. The SMILES string of the molecule is CCCC1CN(CC2COc3ccccc32)C(C)CN1.